The summed E-state index contributed by atoms with van der Waals surface area (Å²) in [6.45, 7) is 2.63. The molecular weight excluding hydrogens is 366 g/mol. The van der Waals surface area contributed by atoms with Crippen LogP contribution in [0.25, 0.3) is 16.9 Å². The van der Waals surface area contributed by atoms with Gasteiger partial charge in [0.05, 0.1) is 5.69 Å². The minimum atomic E-state index is -1.18. The third kappa shape index (κ3) is 2.97. The summed E-state index contributed by atoms with van der Waals surface area (Å²) in [6, 6.07) is 13.8. The number of hydrogen-bond acceptors (Lipinski definition) is 5. The number of carboxylic acids is 1. The number of anilines is 1. The number of nitrogens with zero attached hydrogens (tertiary/aromatic N) is 4. The van der Waals surface area contributed by atoms with Gasteiger partial charge in [0.2, 0.25) is 0 Å². The number of hydrogen-bond donors (Lipinski definition) is 2. The highest BCUT2D eigenvalue weighted by Crippen LogP contribution is 2.38. The Morgan fingerprint density at radius 3 is 2.52 bits per heavy atom. The number of nitrogens with one attached hydrogen (secondary N) is 1. The molecule has 3 aromatic rings. The molecule has 1 atom stereocenters. The number of carbonyl (C=O) groups is 1. The molecule has 5 rings (SSSR count). The number of benzene rings is 1. The Morgan fingerprint density at radius 2 is 1.83 bits per heavy atom. The molecule has 2 N–H and O–H groups in total. The summed E-state index contributed by atoms with van der Waals surface area (Å²) >= 11 is 0. The molecule has 0 aliphatic carbocycles. The molecule has 2 aliphatic heterocycles. The quantitative estimate of drug-likeness (QED) is 0.711. The lowest BCUT2D eigenvalue weighted by Gasteiger charge is -2.28. The number of carboxylic acid groups (broad SMARTS) is 1. The highest BCUT2D eigenvalue weighted by atomic mass is 16.4. The van der Waals surface area contributed by atoms with Crippen LogP contribution in [0.5, 0.6) is 0 Å². The average Bonchev–Trinajstić information content (AvgIpc) is 3.40. The highest BCUT2D eigenvalue weighted by molar-refractivity contribution is 5.85. The fourth-order valence-corrected chi connectivity index (χ4v) is 4.63. The van der Waals surface area contributed by atoms with Gasteiger partial charge in [0, 0.05) is 18.7 Å². The molecule has 0 radical (unpaired) electrons. The molecule has 2 aromatic heterocycles. The monoisotopic (exact) mass is 391 g/mol. The van der Waals surface area contributed by atoms with Gasteiger partial charge in [-0.25, -0.2) is 14.3 Å². The maximum Gasteiger partial charge on any atom is 0.330 e. The summed E-state index contributed by atoms with van der Waals surface area (Å²) in [5.74, 6) is 0.00755. The van der Waals surface area contributed by atoms with Crippen molar-refractivity contribution in [1.82, 2.24) is 19.9 Å². The number of fused-ring (bicyclic) bond motifs is 1. The lowest BCUT2D eigenvalue weighted by Crippen LogP contribution is -2.46. The van der Waals surface area contributed by atoms with Crippen molar-refractivity contribution in [2.24, 2.45) is 0 Å². The molecule has 4 heterocycles. The minimum Gasteiger partial charge on any atom is -0.480 e. The lowest BCUT2D eigenvalue weighted by atomic mass is 9.90. The topological polar surface area (TPSA) is 82.8 Å². The minimum absolute atomic E-state index is 0.519. The zero-order valence-electron chi connectivity index (χ0n) is 16.3. The van der Waals surface area contributed by atoms with Crippen molar-refractivity contribution in [2.75, 3.05) is 24.5 Å². The van der Waals surface area contributed by atoms with Crippen LogP contribution in [0.3, 0.4) is 0 Å². The van der Waals surface area contributed by atoms with E-state index in [1.165, 1.54) is 6.42 Å². The summed E-state index contributed by atoms with van der Waals surface area (Å²) in [5, 5.41) is 18.4. The lowest BCUT2D eigenvalue weighted by molar-refractivity contribution is -0.144. The molecule has 150 valence electrons. The maximum absolute atomic E-state index is 12.5. The van der Waals surface area contributed by atoms with Crippen LogP contribution in [0.4, 0.5) is 5.82 Å². The zero-order valence-corrected chi connectivity index (χ0v) is 16.3. The number of aliphatic carboxylic acids is 1. The third-order valence-electron chi connectivity index (χ3n) is 6.12. The molecule has 2 saturated heterocycles. The number of aromatic nitrogens is 3. The molecule has 7 heteroatoms. The van der Waals surface area contributed by atoms with Crippen LogP contribution in [-0.2, 0) is 10.3 Å². The Kier molecular flexibility index (Phi) is 4.47. The van der Waals surface area contributed by atoms with Crippen molar-refractivity contribution in [2.45, 2.75) is 37.6 Å². The van der Waals surface area contributed by atoms with Crippen LogP contribution in [0.15, 0.2) is 42.5 Å². The molecule has 2 aliphatic rings. The van der Waals surface area contributed by atoms with E-state index in [1.54, 1.807) is 4.52 Å². The van der Waals surface area contributed by atoms with Gasteiger partial charge in [0.1, 0.15) is 11.5 Å². The van der Waals surface area contributed by atoms with Crippen LogP contribution in [0.2, 0.25) is 0 Å². The van der Waals surface area contributed by atoms with Gasteiger partial charge in [-0.1, -0.05) is 30.3 Å². The second-order valence-electron chi connectivity index (χ2n) is 7.93. The van der Waals surface area contributed by atoms with E-state index in [0.29, 0.717) is 30.0 Å². The first kappa shape index (κ1) is 18.1. The summed E-state index contributed by atoms with van der Waals surface area (Å²) in [7, 11) is 0. The molecule has 0 amide bonds. The maximum atomic E-state index is 12.5. The number of rotatable bonds is 4. The molecule has 7 nitrogen and oxygen atoms in total. The van der Waals surface area contributed by atoms with Crippen LogP contribution in [0.1, 0.15) is 37.8 Å². The van der Waals surface area contributed by atoms with E-state index in [-0.39, 0.29) is 0 Å². The Hall–Kier alpha value is -2.93. The molecule has 0 spiro atoms. The summed E-state index contributed by atoms with van der Waals surface area (Å²) in [5.41, 5.74) is 1.71. The van der Waals surface area contributed by atoms with Crippen molar-refractivity contribution in [1.29, 1.82) is 0 Å². The molecule has 0 saturated carbocycles. The largest absolute Gasteiger partial charge is 0.480 e. The summed E-state index contributed by atoms with van der Waals surface area (Å²) < 4.78 is 1.76. The predicted molar refractivity (Wildman–Crippen MR) is 111 cm³/mol. The Balaban J connectivity index is 1.75. The Morgan fingerprint density at radius 1 is 1.03 bits per heavy atom. The van der Waals surface area contributed by atoms with Gasteiger partial charge in [-0.3, -0.25) is 5.32 Å². The first-order valence-corrected chi connectivity index (χ1v) is 10.4. The van der Waals surface area contributed by atoms with Gasteiger partial charge >= 0.3 is 5.97 Å². The van der Waals surface area contributed by atoms with Crippen LogP contribution < -0.4 is 10.2 Å². The van der Waals surface area contributed by atoms with Gasteiger partial charge in [-0.2, -0.15) is 0 Å². The number of piperidine rings is 1. The van der Waals surface area contributed by atoms with E-state index in [4.69, 9.17) is 10.1 Å². The fourth-order valence-electron chi connectivity index (χ4n) is 4.63. The van der Waals surface area contributed by atoms with Crippen molar-refractivity contribution in [3.8, 4) is 11.3 Å². The van der Waals surface area contributed by atoms with Crippen molar-refractivity contribution < 1.29 is 9.90 Å². The second-order valence-corrected chi connectivity index (χ2v) is 7.93. The second kappa shape index (κ2) is 7.15. The van der Waals surface area contributed by atoms with Crippen molar-refractivity contribution in [3.63, 3.8) is 0 Å². The van der Waals surface area contributed by atoms with Crippen molar-refractivity contribution >= 4 is 17.4 Å². The van der Waals surface area contributed by atoms with E-state index >= 15 is 0 Å². The fraction of sp³-hybridized carbons (Fsp3) is 0.409. The van der Waals surface area contributed by atoms with Gasteiger partial charge in [-0.05, 0) is 50.8 Å². The van der Waals surface area contributed by atoms with Gasteiger partial charge in [0.25, 0.3) is 0 Å². The number of imidazole rings is 1. The Labute approximate surface area is 169 Å². The summed E-state index contributed by atoms with van der Waals surface area (Å²) in [4.78, 5) is 19.6. The molecule has 2 fully saturated rings. The van der Waals surface area contributed by atoms with Gasteiger partial charge in [-0.15, -0.1) is 5.10 Å². The first-order chi connectivity index (χ1) is 14.2. The average molecular weight is 391 g/mol. The third-order valence-corrected chi connectivity index (χ3v) is 6.12. The van der Waals surface area contributed by atoms with E-state index in [2.05, 4.69) is 10.2 Å². The van der Waals surface area contributed by atoms with Crippen LogP contribution >= 0.6 is 0 Å². The summed E-state index contributed by atoms with van der Waals surface area (Å²) in [6.07, 6.45) is 4.89. The van der Waals surface area contributed by atoms with E-state index < -0.39 is 11.5 Å². The van der Waals surface area contributed by atoms with Gasteiger partial charge < -0.3 is 10.0 Å². The Bertz CT molecular complexity index is 1030. The SMILES string of the molecule is O=C(O)[C@]1(c2c(-c3ccccc3)nc3ccc(N4CCCCC4)nn23)CCCN1. The predicted octanol–water partition coefficient (Wildman–Crippen LogP) is 3.05. The molecule has 1 aromatic carbocycles. The van der Waals surface area contributed by atoms with E-state index in [0.717, 1.165) is 43.7 Å². The first-order valence-electron chi connectivity index (χ1n) is 10.4. The van der Waals surface area contributed by atoms with Crippen molar-refractivity contribution in [3.05, 3.63) is 48.2 Å². The molecule has 0 bridgehead atoms. The smallest absolute Gasteiger partial charge is 0.330 e. The van der Waals surface area contributed by atoms with Crippen LogP contribution in [0, 0.1) is 0 Å². The van der Waals surface area contributed by atoms with E-state index in [9.17, 15) is 9.90 Å². The molecule has 0 unspecified atom stereocenters. The van der Waals surface area contributed by atoms with E-state index in [1.807, 2.05) is 42.5 Å². The molecule has 29 heavy (non-hydrogen) atoms. The molecular formula is C22H25N5O2. The highest BCUT2D eigenvalue weighted by Gasteiger charge is 2.47. The normalized spacial score (nSPS) is 22.3. The standard InChI is InChI=1S/C22H25N5O2/c28-21(29)22(12-7-13-23-22)20-19(16-8-3-1-4-9-16)24-17-10-11-18(25-27(17)20)26-14-5-2-6-15-26/h1,3-4,8-11,23H,2,5-7,12-15H2,(H,28,29)/t22-/m1/s1. The van der Waals surface area contributed by atoms with Gasteiger partial charge in [0.15, 0.2) is 11.2 Å². The zero-order chi connectivity index (χ0) is 19.8. The van der Waals surface area contributed by atoms with Crippen LogP contribution in [-0.4, -0.2) is 45.3 Å².